The van der Waals surface area contributed by atoms with E-state index in [1.54, 1.807) is 12.1 Å². The molecule has 2 aromatic rings. The van der Waals surface area contributed by atoms with Gasteiger partial charge in [0.05, 0.1) is 25.5 Å². The van der Waals surface area contributed by atoms with Gasteiger partial charge in [-0.3, -0.25) is 0 Å². The van der Waals surface area contributed by atoms with Crippen LogP contribution in [0.15, 0.2) is 59.5 Å². The summed E-state index contributed by atoms with van der Waals surface area (Å²) in [4.78, 5) is -0.178. The molecule has 0 bridgehead atoms. The van der Waals surface area contributed by atoms with Gasteiger partial charge in [0.1, 0.15) is 16.2 Å². The number of hydrogen-bond acceptors (Lipinski definition) is 3. The van der Waals surface area contributed by atoms with E-state index in [0.717, 1.165) is 10.0 Å². The largest absolute Gasteiger partial charge is 0.744 e. The second-order valence-electron chi connectivity index (χ2n) is 12.2. The molecular formula is C35H59NO3S. The molecule has 0 aromatic heterocycles. The van der Waals surface area contributed by atoms with Crippen LogP contribution in [0.25, 0.3) is 0 Å². The average Bonchev–Trinajstić information content (AvgIpc) is 2.93. The predicted octanol–water partition coefficient (Wildman–Crippen LogP) is 9.98. The van der Waals surface area contributed by atoms with E-state index in [0.29, 0.717) is 6.04 Å². The zero-order valence-electron chi connectivity index (χ0n) is 26.4. The van der Waals surface area contributed by atoms with Crippen LogP contribution in [-0.2, 0) is 10.1 Å². The predicted molar refractivity (Wildman–Crippen MR) is 171 cm³/mol. The molecule has 0 aliphatic rings. The summed E-state index contributed by atoms with van der Waals surface area (Å²) in [6.07, 6.45) is 23.1. The molecule has 40 heavy (non-hydrogen) atoms. The highest BCUT2D eigenvalue weighted by Crippen LogP contribution is 2.25. The van der Waals surface area contributed by atoms with Crippen molar-refractivity contribution >= 4 is 10.1 Å². The van der Waals surface area contributed by atoms with Crippen molar-refractivity contribution in [1.29, 1.82) is 0 Å². The molecule has 0 aliphatic heterocycles. The molecule has 0 radical (unpaired) electrons. The number of unbranched alkanes of at least 4 members (excludes halogenated alkanes) is 15. The molecule has 0 saturated carbocycles. The van der Waals surface area contributed by atoms with Crippen LogP contribution >= 0.6 is 0 Å². The molecular weight excluding hydrogens is 514 g/mol. The third kappa shape index (κ3) is 17.2. The van der Waals surface area contributed by atoms with E-state index in [1.165, 1.54) is 127 Å². The van der Waals surface area contributed by atoms with Gasteiger partial charge >= 0.3 is 0 Å². The maximum absolute atomic E-state index is 10.4. The Bertz CT molecular complexity index is 971. The van der Waals surface area contributed by atoms with Crippen molar-refractivity contribution in [3.05, 3.63) is 65.7 Å². The van der Waals surface area contributed by atoms with Gasteiger partial charge in [0.15, 0.2) is 0 Å². The number of benzene rings is 2. The Hall–Kier alpha value is -1.69. The zero-order chi connectivity index (χ0) is 29.7. The third-order valence-electron chi connectivity index (χ3n) is 8.23. The zero-order valence-corrected chi connectivity index (χ0v) is 27.2. The number of hydrogen-bond donors (Lipinski definition) is 0. The first-order valence-corrected chi connectivity index (χ1v) is 17.4. The first-order valence-electron chi connectivity index (χ1n) is 16.0. The highest BCUT2D eigenvalue weighted by Gasteiger charge is 2.24. The van der Waals surface area contributed by atoms with Gasteiger partial charge in [-0.2, -0.15) is 0 Å². The van der Waals surface area contributed by atoms with Crippen molar-refractivity contribution in [3.8, 4) is 0 Å². The fourth-order valence-electron chi connectivity index (χ4n) is 5.10. The Morgan fingerprint density at radius 2 is 1.05 bits per heavy atom. The topological polar surface area (TPSA) is 57.2 Å². The molecule has 2 rings (SSSR count). The van der Waals surface area contributed by atoms with Crippen molar-refractivity contribution in [1.82, 2.24) is 0 Å². The van der Waals surface area contributed by atoms with Crippen LogP contribution in [-0.4, -0.2) is 38.1 Å². The van der Waals surface area contributed by atoms with Crippen LogP contribution < -0.4 is 0 Å². The van der Waals surface area contributed by atoms with E-state index in [4.69, 9.17) is 0 Å². The van der Waals surface area contributed by atoms with E-state index in [2.05, 4.69) is 58.3 Å². The smallest absolute Gasteiger partial charge is 0.124 e. The molecule has 228 valence electrons. The van der Waals surface area contributed by atoms with Gasteiger partial charge in [-0.25, -0.2) is 8.42 Å². The summed E-state index contributed by atoms with van der Waals surface area (Å²) >= 11 is 0. The van der Waals surface area contributed by atoms with Gasteiger partial charge < -0.3 is 9.04 Å². The molecule has 0 fully saturated rings. The standard InChI is InChI=1S/C28H52N.C7H8O3S/c1-5-6-7-8-9-10-11-12-13-14-15-16-17-18-19-23-26-29(3,4)27(2)28-24-21-20-22-25-28;1-6-2-4-7(5-3-6)11(8,9)10/h20-22,24-25,27H,5-19,23,26H2,1-4H3;2-5H,1H3,(H,8,9,10)/q+1;/p-1. The van der Waals surface area contributed by atoms with Gasteiger partial charge in [0.2, 0.25) is 0 Å². The summed E-state index contributed by atoms with van der Waals surface area (Å²) in [5.41, 5.74) is 2.39. The minimum absolute atomic E-state index is 0.178. The Morgan fingerprint density at radius 1 is 0.650 bits per heavy atom. The summed E-state index contributed by atoms with van der Waals surface area (Å²) in [6.45, 7) is 7.78. The maximum atomic E-state index is 10.4. The lowest BCUT2D eigenvalue weighted by Gasteiger charge is -2.36. The van der Waals surface area contributed by atoms with Crippen LogP contribution in [0.1, 0.15) is 134 Å². The molecule has 1 atom stereocenters. The van der Waals surface area contributed by atoms with Crippen molar-refractivity contribution in [3.63, 3.8) is 0 Å². The summed E-state index contributed by atoms with van der Waals surface area (Å²) in [5.74, 6) is 0. The summed E-state index contributed by atoms with van der Waals surface area (Å²) in [6, 6.07) is 17.4. The Kier molecular flexibility index (Phi) is 19.1. The average molecular weight is 574 g/mol. The first-order chi connectivity index (χ1) is 19.1. The molecule has 2 aromatic carbocycles. The highest BCUT2D eigenvalue weighted by molar-refractivity contribution is 7.85. The summed E-state index contributed by atoms with van der Waals surface area (Å²) < 4.78 is 32.3. The molecule has 4 nitrogen and oxygen atoms in total. The monoisotopic (exact) mass is 573 g/mol. The van der Waals surface area contributed by atoms with Crippen LogP contribution in [0.4, 0.5) is 0 Å². The molecule has 0 N–H and O–H groups in total. The molecule has 0 spiro atoms. The van der Waals surface area contributed by atoms with E-state index >= 15 is 0 Å². The van der Waals surface area contributed by atoms with Crippen molar-refractivity contribution in [2.75, 3.05) is 20.6 Å². The van der Waals surface area contributed by atoms with Crippen molar-refractivity contribution < 1.29 is 17.5 Å². The summed E-state index contributed by atoms with van der Waals surface area (Å²) in [7, 11) is 0.514. The van der Waals surface area contributed by atoms with E-state index in [-0.39, 0.29) is 4.90 Å². The Labute approximate surface area is 247 Å². The molecule has 0 amide bonds. The van der Waals surface area contributed by atoms with E-state index in [9.17, 15) is 13.0 Å². The number of quaternary nitrogens is 1. The fraction of sp³-hybridized carbons (Fsp3) is 0.657. The lowest BCUT2D eigenvalue weighted by Crippen LogP contribution is -2.42. The molecule has 5 heteroatoms. The number of rotatable bonds is 20. The normalized spacial score (nSPS) is 12.6. The fourth-order valence-corrected chi connectivity index (χ4v) is 5.57. The molecule has 0 saturated heterocycles. The third-order valence-corrected chi connectivity index (χ3v) is 9.08. The van der Waals surface area contributed by atoms with Crippen LogP contribution in [0.2, 0.25) is 0 Å². The quantitative estimate of drug-likeness (QED) is 0.0899. The second-order valence-corrected chi connectivity index (χ2v) is 13.5. The Morgan fingerprint density at radius 3 is 1.45 bits per heavy atom. The van der Waals surface area contributed by atoms with Crippen molar-refractivity contribution in [2.45, 2.75) is 134 Å². The molecule has 1 unspecified atom stereocenters. The second kappa shape index (κ2) is 21.1. The van der Waals surface area contributed by atoms with Crippen LogP contribution in [0.5, 0.6) is 0 Å². The van der Waals surface area contributed by atoms with Crippen LogP contribution in [0.3, 0.4) is 0 Å². The van der Waals surface area contributed by atoms with Crippen molar-refractivity contribution in [2.24, 2.45) is 0 Å². The lowest BCUT2D eigenvalue weighted by molar-refractivity contribution is -0.919. The number of aryl methyl sites for hydroxylation is 1. The minimum atomic E-state index is -4.27. The van der Waals surface area contributed by atoms with Gasteiger partial charge in [-0.15, -0.1) is 0 Å². The first kappa shape index (κ1) is 36.3. The minimum Gasteiger partial charge on any atom is -0.744 e. The van der Waals surface area contributed by atoms with E-state index in [1.807, 2.05) is 6.92 Å². The highest BCUT2D eigenvalue weighted by atomic mass is 32.2. The van der Waals surface area contributed by atoms with Crippen LogP contribution in [0, 0.1) is 6.92 Å². The molecule has 0 heterocycles. The molecule has 0 aliphatic carbocycles. The Balaban J connectivity index is 0.000000603. The van der Waals surface area contributed by atoms with Gasteiger partial charge in [-0.1, -0.05) is 145 Å². The van der Waals surface area contributed by atoms with E-state index < -0.39 is 10.1 Å². The van der Waals surface area contributed by atoms with Gasteiger partial charge in [-0.05, 0) is 38.8 Å². The number of nitrogens with zero attached hydrogens (tertiary/aromatic N) is 1. The van der Waals surface area contributed by atoms with Gasteiger partial charge in [0.25, 0.3) is 0 Å². The summed E-state index contributed by atoms with van der Waals surface area (Å²) in [5, 5.41) is 0. The maximum Gasteiger partial charge on any atom is 0.124 e. The lowest BCUT2D eigenvalue weighted by atomic mass is 10.0. The van der Waals surface area contributed by atoms with Gasteiger partial charge in [0, 0.05) is 5.56 Å². The SMILES string of the molecule is CCCCCCCCCCCCCCCCCC[N+](C)(C)C(C)c1ccccc1.Cc1ccc(S(=O)(=O)[O-])cc1.